The van der Waals surface area contributed by atoms with Crippen LogP contribution < -0.4 is 5.32 Å². The smallest absolute Gasteiger partial charge is 0.256 e. The number of carbonyl (C=O) groups excluding carboxylic acids is 1. The molecule has 4 rings (SSSR count). The van der Waals surface area contributed by atoms with Crippen molar-refractivity contribution in [1.82, 2.24) is 19.9 Å². The molecule has 0 radical (unpaired) electrons. The Morgan fingerprint density at radius 3 is 2.74 bits per heavy atom. The Kier molecular flexibility index (Phi) is 4.38. The number of amides is 1. The summed E-state index contributed by atoms with van der Waals surface area (Å²) in [4.78, 5) is 16.9. The van der Waals surface area contributed by atoms with Gasteiger partial charge in [0.2, 0.25) is 0 Å². The van der Waals surface area contributed by atoms with Crippen LogP contribution in [0.2, 0.25) is 0 Å². The van der Waals surface area contributed by atoms with E-state index in [0.29, 0.717) is 30.6 Å². The third-order valence-corrected chi connectivity index (χ3v) is 4.58. The highest BCUT2D eigenvalue weighted by molar-refractivity contribution is 5.99. The second-order valence-electron chi connectivity index (χ2n) is 6.38. The van der Waals surface area contributed by atoms with Crippen LogP contribution in [0.4, 0.5) is 0 Å². The number of rotatable bonds is 7. The van der Waals surface area contributed by atoms with Crippen LogP contribution in [0.25, 0.3) is 16.9 Å². The lowest BCUT2D eigenvalue weighted by Gasteiger charge is -2.09. The standard InChI is InChI=1S/C20H18N6O/c1-2-3-10-20(24-25-20)11-13-22-19(27)16-14-23-26-17(9-12-21-18(16)26)15-7-5-4-6-8-15/h1,4-9,12,14H,3,10-11,13H2,(H,22,27). The lowest BCUT2D eigenvalue weighted by molar-refractivity contribution is 0.0953. The SMILES string of the molecule is C#CCCC1(CCNC(=O)c2cnn3c(-c4ccccc4)ccnc23)N=N1. The van der Waals surface area contributed by atoms with Gasteiger partial charge in [-0.05, 0) is 6.07 Å². The normalized spacial score (nSPS) is 14.0. The molecule has 0 saturated carbocycles. The van der Waals surface area contributed by atoms with E-state index in [9.17, 15) is 4.79 Å². The molecule has 1 aliphatic heterocycles. The summed E-state index contributed by atoms with van der Waals surface area (Å²) < 4.78 is 1.68. The molecule has 2 aromatic heterocycles. The molecule has 0 fully saturated rings. The predicted molar refractivity (Wildman–Crippen MR) is 101 cm³/mol. The van der Waals surface area contributed by atoms with Crippen LogP contribution in [0.15, 0.2) is 59.0 Å². The summed E-state index contributed by atoms with van der Waals surface area (Å²) in [6, 6.07) is 11.7. The molecule has 0 unspecified atom stereocenters. The van der Waals surface area contributed by atoms with Crippen molar-refractivity contribution < 1.29 is 4.79 Å². The van der Waals surface area contributed by atoms with Gasteiger partial charge in [-0.2, -0.15) is 15.3 Å². The fourth-order valence-corrected chi connectivity index (χ4v) is 3.02. The number of aromatic nitrogens is 3. The summed E-state index contributed by atoms with van der Waals surface area (Å²) in [6.07, 6.45) is 10.5. The Balaban J connectivity index is 1.48. The van der Waals surface area contributed by atoms with Gasteiger partial charge in [0.05, 0.1) is 11.9 Å². The van der Waals surface area contributed by atoms with E-state index in [1.54, 1.807) is 16.9 Å². The summed E-state index contributed by atoms with van der Waals surface area (Å²) in [6.45, 7) is 0.464. The van der Waals surface area contributed by atoms with Crippen molar-refractivity contribution in [2.45, 2.75) is 24.9 Å². The molecule has 7 heteroatoms. The number of benzene rings is 1. The zero-order valence-corrected chi connectivity index (χ0v) is 14.7. The number of fused-ring (bicyclic) bond motifs is 1. The first-order valence-electron chi connectivity index (χ1n) is 8.76. The number of nitrogens with one attached hydrogen (secondary N) is 1. The van der Waals surface area contributed by atoms with Crippen LogP contribution in [-0.2, 0) is 0 Å². The molecule has 0 aliphatic carbocycles. The molecular formula is C20H18N6O. The minimum atomic E-state index is -0.403. The van der Waals surface area contributed by atoms with E-state index >= 15 is 0 Å². The average molecular weight is 358 g/mol. The number of carbonyl (C=O) groups is 1. The Labute approximate surface area is 156 Å². The molecule has 0 atom stereocenters. The monoisotopic (exact) mass is 358 g/mol. The molecule has 0 spiro atoms. The van der Waals surface area contributed by atoms with Crippen LogP contribution in [-0.4, -0.2) is 32.7 Å². The van der Waals surface area contributed by atoms with Crippen molar-refractivity contribution in [1.29, 1.82) is 0 Å². The quantitative estimate of drug-likeness (QED) is 0.659. The van der Waals surface area contributed by atoms with E-state index in [0.717, 1.165) is 17.7 Å². The van der Waals surface area contributed by atoms with Gasteiger partial charge in [-0.3, -0.25) is 4.79 Å². The highest BCUT2D eigenvalue weighted by atomic mass is 16.1. The van der Waals surface area contributed by atoms with Gasteiger partial charge in [0.1, 0.15) is 5.56 Å². The molecule has 134 valence electrons. The van der Waals surface area contributed by atoms with Gasteiger partial charge >= 0.3 is 0 Å². The van der Waals surface area contributed by atoms with Gasteiger partial charge in [-0.15, -0.1) is 12.3 Å². The fourth-order valence-electron chi connectivity index (χ4n) is 3.02. The first kappa shape index (κ1) is 16.9. The molecule has 1 aromatic carbocycles. The number of nitrogens with zero attached hydrogens (tertiary/aromatic N) is 5. The molecule has 3 heterocycles. The van der Waals surface area contributed by atoms with Gasteiger partial charge in [-0.1, -0.05) is 30.3 Å². The number of terminal acetylenes is 1. The Morgan fingerprint density at radius 2 is 2.00 bits per heavy atom. The van der Waals surface area contributed by atoms with Crippen molar-refractivity contribution in [3.63, 3.8) is 0 Å². The maximum Gasteiger partial charge on any atom is 0.256 e. The first-order valence-corrected chi connectivity index (χ1v) is 8.76. The molecule has 0 saturated heterocycles. The molecular weight excluding hydrogens is 340 g/mol. The summed E-state index contributed by atoms with van der Waals surface area (Å²) in [5.41, 5.74) is 2.45. The van der Waals surface area contributed by atoms with E-state index in [4.69, 9.17) is 6.42 Å². The van der Waals surface area contributed by atoms with Crippen LogP contribution in [0.1, 0.15) is 29.6 Å². The van der Waals surface area contributed by atoms with Gasteiger partial charge in [-0.25, -0.2) is 9.50 Å². The van der Waals surface area contributed by atoms with Crippen LogP contribution in [0.3, 0.4) is 0 Å². The van der Waals surface area contributed by atoms with E-state index < -0.39 is 5.66 Å². The first-order chi connectivity index (χ1) is 13.2. The molecule has 1 amide bonds. The van der Waals surface area contributed by atoms with Gasteiger partial charge in [0.25, 0.3) is 5.91 Å². The lowest BCUT2D eigenvalue weighted by atomic mass is 10.0. The number of hydrogen-bond donors (Lipinski definition) is 1. The topological polar surface area (TPSA) is 84.0 Å². The zero-order valence-electron chi connectivity index (χ0n) is 14.7. The highest BCUT2D eigenvalue weighted by Gasteiger charge is 2.38. The van der Waals surface area contributed by atoms with E-state index in [-0.39, 0.29) is 5.91 Å². The molecule has 7 nitrogen and oxygen atoms in total. The third-order valence-electron chi connectivity index (χ3n) is 4.58. The predicted octanol–water partition coefficient (Wildman–Crippen LogP) is 3.09. The average Bonchev–Trinajstić information content (AvgIpc) is 3.34. The van der Waals surface area contributed by atoms with E-state index in [2.05, 4.69) is 31.5 Å². The molecule has 3 aromatic rings. The van der Waals surface area contributed by atoms with Crippen molar-refractivity contribution in [2.24, 2.45) is 10.2 Å². The Morgan fingerprint density at radius 1 is 1.19 bits per heavy atom. The fraction of sp³-hybridized carbons (Fsp3) is 0.250. The van der Waals surface area contributed by atoms with Crippen molar-refractivity contribution in [3.8, 4) is 23.6 Å². The second-order valence-corrected chi connectivity index (χ2v) is 6.38. The van der Waals surface area contributed by atoms with E-state index in [1.165, 1.54) is 0 Å². The minimum absolute atomic E-state index is 0.213. The van der Waals surface area contributed by atoms with Crippen LogP contribution >= 0.6 is 0 Å². The second kappa shape index (κ2) is 7.00. The largest absolute Gasteiger partial charge is 0.352 e. The highest BCUT2D eigenvalue weighted by Crippen LogP contribution is 2.36. The summed E-state index contributed by atoms with van der Waals surface area (Å²) >= 11 is 0. The Bertz CT molecular complexity index is 1040. The van der Waals surface area contributed by atoms with Crippen LogP contribution in [0, 0.1) is 12.3 Å². The molecule has 1 N–H and O–H groups in total. The summed E-state index contributed by atoms with van der Waals surface area (Å²) in [5, 5.41) is 15.4. The number of hydrogen-bond acceptors (Lipinski definition) is 5. The van der Waals surface area contributed by atoms with E-state index in [1.807, 2.05) is 36.4 Å². The third kappa shape index (κ3) is 3.42. The molecule has 0 bridgehead atoms. The molecule has 27 heavy (non-hydrogen) atoms. The van der Waals surface area contributed by atoms with Crippen molar-refractivity contribution in [2.75, 3.05) is 6.54 Å². The zero-order chi connectivity index (χ0) is 18.7. The summed E-state index contributed by atoms with van der Waals surface area (Å²) in [7, 11) is 0. The maximum absolute atomic E-state index is 12.6. The van der Waals surface area contributed by atoms with Crippen molar-refractivity contribution >= 4 is 11.6 Å². The van der Waals surface area contributed by atoms with Crippen molar-refractivity contribution in [3.05, 3.63) is 54.4 Å². The maximum atomic E-state index is 12.6. The van der Waals surface area contributed by atoms with Gasteiger partial charge in [0, 0.05) is 37.6 Å². The van der Waals surface area contributed by atoms with Crippen LogP contribution in [0.5, 0.6) is 0 Å². The van der Waals surface area contributed by atoms with Gasteiger partial charge < -0.3 is 5.32 Å². The minimum Gasteiger partial charge on any atom is -0.352 e. The molecule has 1 aliphatic rings. The Hall–Kier alpha value is -3.53. The lowest BCUT2D eigenvalue weighted by Crippen LogP contribution is -2.28. The van der Waals surface area contributed by atoms with Gasteiger partial charge in [0.15, 0.2) is 11.3 Å². The summed E-state index contributed by atoms with van der Waals surface area (Å²) in [5.74, 6) is 2.39.